The average Bonchev–Trinajstić information content (AvgIpc) is 2.15. The molecule has 0 aromatic carbocycles. The highest BCUT2D eigenvalue weighted by Gasteiger charge is 2.42. The first-order valence-electron chi connectivity index (χ1n) is 5.48. The van der Waals surface area contributed by atoms with Crippen molar-refractivity contribution in [3.8, 4) is 0 Å². The molecule has 1 heterocycles. The molecule has 88 valence electrons. The van der Waals surface area contributed by atoms with Gasteiger partial charge in [0.25, 0.3) is 0 Å². The number of methoxy groups -OCH3 is 1. The SMILES string of the molecule is COC(=O)C1(NC(C)(C)C)CCCNC1. The first-order chi connectivity index (χ1) is 6.90. The normalized spacial score (nSPS) is 27.5. The van der Waals surface area contributed by atoms with E-state index in [0.717, 1.165) is 19.4 Å². The summed E-state index contributed by atoms with van der Waals surface area (Å²) in [5.41, 5.74) is -0.640. The first kappa shape index (κ1) is 12.5. The van der Waals surface area contributed by atoms with Gasteiger partial charge < -0.3 is 10.1 Å². The van der Waals surface area contributed by atoms with Crippen molar-refractivity contribution in [3.63, 3.8) is 0 Å². The van der Waals surface area contributed by atoms with Crippen molar-refractivity contribution in [3.05, 3.63) is 0 Å². The number of hydrogen-bond acceptors (Lipinski definition) is 4. The molecule has 1 fully saturated rings. The maximum atomic E-state index is 11.8. The van der Waals surface area contributed by atoms with Crippen LogP contribution in [0.4, 0.5) is 0 Å². The smallest absolute Gasteiger partial charge is 0.327 e. The summed E-state index contributed by atoms with van der Waals surface area (Å²) in [5, 5.41) is 6.64. The molecule has 0 bridgehead atoms. The molecule has 1 unspecified atom stereocenters. The van der Waals surface area contributed by atoms with Crippen LogP contribution in [0.1, 0.15) is 33.6 Å². The highest BCUT2D eigenvalue weighted by molar-refractivity contribution is 5.81. The fraction of sp³-hybridized carbons (Fsp3) is 0.909. The molecular weight excluding hydrogens is 192 g/mol. The number of carbonyl (C=O) groups is 1. The summed E-state index contributed by atoms with van der Waals surface area (Å²) in [6, 6.07) is 0. The van der Waals surface area contributed by atoms with Gasteiger partial charge in [-0.25, -0.2) is 0 Å². The summed E-state index contributed by atoms with van der Waals surface area (Å²) in [7, 11) is 1.45. The molecule has 1 rings (SSSR count). The van der Waals surface area contributed by atoms with E-state index < -0.39 is 5.54 Å². The Morgan fingerprint density at radius 2 is 2.13 bits per heavy atom. The monoisotopic (exact) mass is 214 g/mol. The van der Waals surface area contributed by atoms with Crippen molar-refractivity contribution >= 4 is 5.97 Å². The second kappa shape index (κ2) is 4.49. The molecule has 0 saturated carbocycles. The van der Waals surface area contributed by atoms with Crippen LogP contribution in [-0.2, 0) is 9.53 Å². The van der Waals surface area contributed by atoms with Crippen LogP contribution in [0.2, 0.25) is 0 Å². The number of nitrogens with one attached hydrogen (secondary N) is 2. The first-order valence-corrected chi connectivity index (χ1v) is 5.48. The van der Waals surface area contributed by atoms with E-state index in [9.17, 15) is 4.79 Å². The van der Waals surface area contributed by atoms with Crippen molar-refractivity contribution in [1.29, 1.82) is 0 Å². The standard InChI is InChI=1S/C11H22N2O2/c1-10(2,3)13-11(9(14)15-4)6-5-7-12-8-11/h12-13H,5-8H2,1-4H3. The molecule has 0 aliphatic carbocycles. The van der Waals surface area contributed by atoms with Crippen molar-refractivity contribution in [2.24, 2.45) is 0 Å². The molecule has 0 aromatic heterocycles. The Bertz CT molecular complexity index is 227. The van der Waals surface area contributed by atoms with Crippen LogP contribution in [0.15, 0.2) is 0 Å². The van der Waals surface area contributed by atoms with Crippen LogP contribution in [-0.4, -0.2) is 37.2 Å². The van der Waals surface area contributed by atoms with E-state index in [0.29, 0.717) is 6.54 Å². The lowest BCUT2D eigenvalue weighted by Crippen LogP contribution is -2.65. The lowest BCUT2D eigenvalue weighted by Gasteiger charge is -2.40. The van der Waals surface area contributed by atoms with Crippen LogP contribution in [0, 0.1) is 0 Å². The van der Waals surface area contributed by atoms with Crippen molar-refractivity contribution < 1.29 is 9.53 Å². The molecule has 0 aromatic rings. The molecule has 0 radical (unpaired) electrons. The summed E-state index contributed by atoms with van der Waals surface area (Å²) in [5.74, 6) is -0.162. The zero-order valence-corrected chi connectivity index (χ0v) is 10.1. The van der Waals surface area contributed by atoms with Gasteiger partial charge >= 0.3 is 5.97 Å². The molecule has 1 atom stereocenters. The Hall–Kier alpha value is -0.610. The predicted molar refractivity (Wildman–Crippen MR) is 59.7 cm³/mol. The van der Waals surface area contributed by atoms with Gasteiger partial charge in [0.1, 0.15) is 5.54 Å². The topological polar surface area (TPSA) is 50.4 Å². The van der Waals surface area contributed by atoms with E-state index in [2.05, 4.69) is 31.4 Å². The lowest BCUT2D eigenvalue weighted by atomic mass is 9.87. The predicted octanol–water partition coefficient (Wildman–Crippen LogP) is 0.670. The van der Waals surface area contributed by atoms with Gasteiger partial charge in [-0.2, -0.15) is 0 Å². The van der Waals surface area contributed by atoms with E-state index in [1.807, 2.05) is 0 Å². The third kappa shape index (κ3) is 3.18. The minimum Gasteiger partial charge on any atom is -0.468 e. The number of ether oxygens (including phenoxy) is 1. The van der Waals surface area contributed by atoms with E-state index >= 15 is 0 Å². The lowest BCUT2D eigenvalue weighted by molar-refractivity contribution is -0.150. The third-order valence-corrected chi connectivity index (χ3v) is 2.57. The third-order valence-electron chi connectivity index (χ3n) is 2.57. The molecule has 2 N–H and O–H groups in total. The maximum absolute atomic E-state index is 11.8. The number of rotatable bonds is 2. The number of hydrogen-bond donors (Lipinski definition) is 2. The Morgan fingerprint density at radius 3 is 2.53 bits per heavy atom. The Kier molecular flexibility index (Phi) is 3.73. The van der Waals surface area contributed by atoms with Crippen LogP contribution in [0.25, 0.3) is 0 Å². The van der Waals surface area contributed by atoms with Crippen molar-refractivity contribution in [1.82, 2.24) is 10.6 Å². The van der Waals surface area contributed by atoms with Crippen LogP contribution in [0.5, 0.6) is 0 Å². The largest absolute Gasteiger partial charge is 0.468 e. The van der Waals surface area contributed by atoms with Crippen LogP contribution in [0.3, 0.4) is 0 Å². The van der Waals surface area contributed by atoms with Gasteiger partial charge in [0.05, 0.1) is 7.11 Å². The van der Waals surface area contributed by atoms with Gasteiger partial charge in [-0.1, -0.05) is 0 Å². The average molecular weight is 214 g/mol. The van der Waals surface area contributed by atoms with Gasteiger partial charge in [0.15, 0.2) is 0 Å². The van der Waals surface area contributed by atoms with Gasteiger partial charge in [0, 0.05) is 12.1 Å². The van der Waals surface area contributed by atoms with Crippen molar-refractivity contribution in [2.45, 2.75) is 44.7 Å². The summed E-state index contributed by atoms with van der Waals surface area (Å²) in [6.07, 6.45) is 1.84. The Labute approximate surface area is 91.8 Å². The quantitative estimate of drug-likeness (QED) is 0.663. The van der Waals surface area contributed by atoms with E-state index in [4.69, 9.17) is 4.74 Å². The fourth-order valence-corrected chi connectivity index (χ4v) is 2.15. The molecular formula is C11H22N2O2. The number of piperidine rings is 1. The number of esters is 1. The van der Waals surface area contributed by atoms with Gasteiger partial charge in [-0.15, -0.1) is 0 Å². The second-order valence-electron chi connectivity index (χ2n) is 5.23. The van der Waals surface area contributed by atoms with Crippen LogP contribution < -0.4 is 10.6 Å². The van der Waals surface area contributed by atoms with Crippen molar-refractivity contribution in [2.75, 3.05) is 20.2 Å². The molecule has 1 aliphatic heterocycles. The Balaban J connectivity index is 2.80. The molecule has 4 heteroatoms. The zero-order chi connectivity index (χ0) is 11.5. The number of carbonyl (C=O) groups excluding carboxylic acids is 1. The Morgan fingerprint density at radius 1 is 1.47 bits per heavy atom. The zero-order valence-electron chi connectivity index (χ0n) is 10.1. The molecule has 1 aliphatic rings. The van der Waals surface area contributed by atoms with Crippen LogP contribution >= 0.6 is 0 Å². The summed E-state index contributed by atoms with van der Waals surface area (Å²) < 4.78 is 4.90. The molecule has 4 nitrogen and oxygen atoms in total. The summed E-state index contributed by atoms with van der Waals surface area (Å²) >= 11 is 0. The highest BCUT2D eigenvalue weighted by Crippen LogP contribution is 2.21. The van der Waals surface area contributed by atoms with E-state index in [1.165, 1.54) is 7.11 Å². The molecule has 0 spiro atoms. The van der Waals surface area contributed by atoms with E-state index in [1.54, 1.807) is 0 Å². The molecule has 0 amide bonds. The summed E-state index contributed by atoms with van der Waals surface area (Å²) in [4.78, 5) is 11.8. The highest BCUT2D eigenvalue weighted by atomic mass is 16.5. The van der Waals surface area contributed by atoms with Gasteiger partial charge in [0.2, 0.25) is 0 Å². The molecule has 15 heavy (non-hydrogen) atoms. The van der Waals surface area contributed by atoms with E-state index in [-0.39, 0.29) is 11.5 Å². The molecule has 1 saturated heterocycles. The maximum Gasteiger partial charge on any atom is 0.327 e. The minimum atomic E-state index is -0.550. The summed E-state index contributed by atoms with van der Waals surface area (Å²) in [6.45, 7) is 7.81. The minimum absolute atomic E-state index is 0.0901. The fourth-order valence-electron chi connectivity index (χ4n) is 2.15. The van der Waals surface area contributed by atoms with Gasteiger partial charge in [-0.05, 0) is 40.2 Å². The second-order valence-corrected chi connectivity index (χ2v) is 5.23. The van der Waals surface area contributed by atoms with Gasteiger partial charge in [-0.3, -0.25) is 10.1 Å².